The van der Waals surface area contributed by atoms with E-state index in [1.54, 1.807) is 12.1 Å². The number of benzene rings is 2. The molecule has 2 aliphatic heterocycles. The van der Waals surface area contributed by atoms with E-state index in [2.05, 4.69) is 54.5 Å². The number of nitrogens with one attached hydrogen (secondary N) is 2. The van der Waals surface area contributed by atoms with E-state index in [0.29, 0.717) is 62.7 Å². The molecule has 3 aromatic rings. The van der Waals surface area contributed by atoms with Crippen molar-refractivity contribution in [2.75, 3.05) is 32.8 Å². The highest BCUT2D eigenvalue weighted by molar-refractivity contribution is 5.97. The zero-order valence-electron chi connectivity index (χ0n) is 26.8. The zero-order valence-corrected chi connectivity index (χ0v) is 26.8. The predicted molar refractivity (Wildman–Crippen MR) is 177 cm³/mol. The first-order valence-corrected chi connectivity index (χ1v) is 16.6. The number of amides is 2. The number of hydrogen-bond acceptors (Lipinski definition) is 5. The molecule has 2 atom stereocenters. The molecule has 8 heteroatoms. The monoisotopic (exact) mass is 610 g/mol. The molecule has 8 nitrogen and oxygen atoms in total. The second kappa shape index (κ2) is 13.2. The van der Waals surface area contributed by atoms with Crippen LogP contribution >= 0.6 is 0 Å². The fraction of sp³-hybridized carbons (Fsp3) is 0.486. The molecule has 1 fully saturated rings. The van der Waals surface area contributed by atoms with E-state index in [1.165, 1.54) is 16.6 Å². The summed E-state index contributed by atoms with van der Waals surface area (Å²) in [4.78, 5) is 43.1. The van der Waals surface area contributed by atoms with E-state index in [4.69, 9.17) is 4.74 Å². The highest BCUT2D eigenvalue weighted by Crippen LogP contribution is 2.38. The number of carbonyl (C=O) groups excluding carboxylic acids is 3. The topological polar surface area (TPSA) is 92.7 Å². The number of rotatable bonds is 3. The molecule has 0 bridgehead atoms. The van der Waals surface area contributed by atoms with Gasteiger partial charge in [-0.15, -0.1) is 0 Å². The van der Waals surface area contributed by atoms with Gasteiger partial charge in [0.05, 0.1) is 29.1 Å². The van der Waals surface area contributed by atoms with Gasteiger partial charge < -0.3 is 15.4 Å². The molecule has 1 unspecified atom stereocenters. The van der Waals surface area contributed by atoms with Crippen LogP contribution in [0.5, 0.6) is 5.75 Å². The molecule has 0 radical (unpaired) electrons. The SMILES string of the molecule is CC1CCc2c(c3ccccc3n2C(=O)CN2CCC3(C/C=C/CNC(=O)c4ccccc4OC[C@@H](C(C)C)NC3=O)CC2)C1. The van der Waals surface area contributed by atoms with Gasteiger partial charge in [-0.05, 0) is 87.2 Å². The van der Waals surface area contributed by atoms with Gasteiger partial charge in [0.1, 0.15) is 12.4 Å². The van der Waals surface area contributed by atoms with Gasteiger partial charge in [-0.1, -0.05) is 63.3 Å². The molecule has 2 N–H and O–H groups in total. The van der Waals surface area contributed by atoms with Crippen LogP contribution in [0.3, 0.4) is 0 Å². The maximum absolute atomic E-state index is 14.1. The van der Waals surface area contributed by atoms with Gasteiger partial charge in [0, 0.05) is 17.6 Å². The summed E-state index contributed by atoms with van der Waals surface area (Å²) in [6.45, 7) is 8.74. The Morgan fingerprint density at radius 2 is 1.80 bits per heavy atom. The minimum atomic E-state index is -0.593. The summed E-state index contributed by atoms with van der Waals surface area (Å²) in [6.07, 6.45) is 8.88. The second-order valence-corrected chi connectivity index (χ2v) is 13.6. The molecular weight excluding hydrogens is 564 g/mol. The molecule has 6 rings (SSSR count). The van der Waals surface area contributed by atoms with Gasteiger partial charge in [-0.2, -0.15) is 0 Å². The lowest BCUT2D eigenvalue weighted by Gasteiger charge is -2.41. The molecule has 2 amide bonds. The molecule has 3 heterocycles. The average molecular weight is 611 g/mol. The van der Waals surface area contributed by atoms with Crippen molar-refractivity contribution < 1.29 is 19.1 Å². The normalized spacial score (nSPS) is 23.4. The Kier molecular flexibility index (Phi) is 9.13. The maximum atomic E-state index is 14.1. The van der Waals surface area contributed by atoms with E-state index in [0.717, 1.165) is 24.8 Å². The third-order valence-electron chi connectivity index (χ3n) is 10.1. The quantitative estimate of drug-likeness (QED) is 0.388. The summed E-state index contributed by atoms with van der Waals surface area (Å²) in [5, 5.41) is 7.48. The maximum Gasteiger partial charge on any atom is 0.255 e. The van der Waals surface area contributed by atoms with Crippen LogP contribution in [0.4, 0.5) is 0 Å². The van der Waals surface area contributed by atoms with Crippen LogP contribution in [0.2, 0.25) is 0 Å². The Balaban J connectivity index is 1.18. The van der Waals surface area contributed by atoms with Crippen molar-refractivity contribution in [2.45, 2.75) is 65.3 Å². The number of fused-ring (bicyclic) bond motifs is 4. The zero-order chi connectivity index (χ0) is 31.6. The van der Waals surface area contributed by atoms with Crippen LogP contribution in [0.15, 0.2) is 60.7 Å². The number of para-hydroxylation sites is 2. The largest absolute Gasteiger partial charge is 0.491 e. The van der Waals surface area contributed by atoms with Crippen molar-refractivity contribution in [3.63, 3.8) is 0 Å². The van der Waals surface area contributed by atoms with Gasteiger partial charge in [0.25, 0.3) is 5.91 Å². The highest BCUT2D eigenvalue weighted by atomic mass is 16.5. The minimum absolute atomic E-state index is 0.0365. The first-order chi connectivity index (χ1) is 21.8. The summed E-state index contributed by atoms with van der Waals surface area (Å²) < 4.78 is 8.11. The molecule has 1 saturated heterocycles. The molecule has 1 spiro atoms. The predicted octanol–water partition coefficient (Wildman–Crippen LogP) is 5.40. The van der Waals surface area contributed by atoms with Crippen LogP contribution in [0.1, 0.15) is 72.9 Å². The third kappa shape index (κ3) is 6.43. The summed E-state index contributed by atoms with van der Waals surface area (Å²) in [5.41, 5.74) is 3.42. The summed E-state index contributed by atoms with van der Waals surface area (Å²) in [7, 11) is 0. The van der Waals surface area contributed by atoms with Crippen molar-refractivity contribution in [1.82, 2.24) is 20.1 Å². The second-order valence-electron chi connectivity index (χ2n) is 13.6. The minimum Gasteiger partial charge on any atom is -0.491 e. The summed E-state index contributed by atoms with van der Waals surface area (Å²) >= 11 is 0. The Labute approximate surface area is 266 Å². The average Bonchev–Trinajstić information content (AvgIpc) is 3.36. The Bertz CT molecular complexity index is 1600. The van der Waals surface area contributed by atoms with Crippen LogP contribution < -0.4 is 15.4 Å². The standard InChI is InChI=1S/C37H46N4O4/c1-25(2)30-24-45-33-13-7-5-11-28(33)35(43)38-19-9-8-16-37(36(44)39-30)17-20-40(21-18-37)23-34(42)41-31-12-6-4-10-27(31)29-22-26(3)14-15-32(29)41/h4-13,25-26,30H,14-24H2,1-3H3,(H,38,43)(H,39,44)/b9-8+/t26?,30-/m0/s1. The van der Waals surface area contributed by atoms with Crippen LogP contribution in [-0.4, -0.2) is 66.0 Å². The summed E-state index contributed by atoms with van der Waals surface area (Å²) in [6, 6.07) is 15.3. The smallest absolute Gasteiger partial charge is 0.255 e. The Hall–Kier alpha value is -3.91. The molecular formula is C37H46N4O4. The number of likely N-dealkylation sites (tertiary alicyclic amines) is 1. The molecule has 238 valence electrons. The lowest BCUT2D eigenvalue weighted by atomic mass is 9.74. The van der Waals surface area contributed by atoms with Gasteiger partial charge in [-0.25, -0.2) is 0 Å². The number of aromatic nitrogens is 1. The van der Waals surface area contributed by atoms with Crippen molar-refractivity contribution in [1.29, 1.82) is 0 Å². The number of hydrogen-bond donors (Lipinski definition) is 2. The lowest BCUT2D eigenvalue weighted by Crippen LogP contribution is -2.54. The van der Waals surface area contributed by atoms with Crippen molar-refractivity contribution in [3.8, 4) is 5.75 Å². The van der Waals surface area contributed by atoms with E-state index in [9.17, 15) is 14.4 Å². The molecule has 3 aliphatic rings. The van der Waals surface area contributed by atoms with Gasteiger partial charge in [-0.3, -0.25) is 23.9 Å². The van der Waals surface area contributed by atoms with Gasteiger partial charge in [0.2, 0.25) is 11.8 Å². The van der Waals surface area contributed by atoms with Crippen LogP contribution in [0, 0.1) is 17.3 Å². The van der Waals surface area contributed by atoms with E-state index in [-0.39, 0.29) is 36.3 Å². The molecule has 2 aromatic carbocycles. The molecule has 1 aliphatic carbocycles. The van der Waals surface area contributed by atoms with Crippen molar-refractivity contribution in [3.05, 3.63) is 77.5 Å². The number of piperidine rings is 1. The van der Waals surface area contributed by atoms with E-state index < -0.39 is 5.41 Å². The van der Waals surface area contributed by atoms with Crippen molar-refractivity contribution in [2.24, 2.45) is 17.3 Å². The fourth-order valence-electron chi connectivity index (χ4n) is 7.21. The highest BCUT2D eigenvalue weighted by Gasteiger charge is 2.42. The number of ether oxygens (including phenoxy) is 1. The number of nitrogens with zero attached hydrogens (tertiary/aromatic N) is 2. The Morgan fingerprint density at radius 3 is 2.60 bits per heavy atom. The van der Waals surface area contributed by atoms with Gasteiger partial charge in [0.15, 0.2) is 0 Å². The molecule has 0 saturated carbocycles. The fourth-order valence-corrected chi connectivity index (χ4v) is 7.21. The molecule has 45 heavy (non-hydrogen) atoms. The Morgan fingerprint density at radius 1 is 1.04 bits per heavy atom. The van der Waals surface area contributed by atoms with E-state index >= 15 is 0 Å². The van der Waals surface area contributed by atoms with Crippen LogP contribution in [-0.2, 0) is 17.6 Å². The summed E-state index contributed by atoms with van der Waals surface area (Å²) in [5.74, 6) is 1.24. The number of allylic oxidation sites excluding steroid dienone is 1. The molecule has 1 aromatic heterocycles. The van der Waals surface area contributed by atoms with Crippen LogP contribution in [0.25, 0.3) is 10.9 Å². The first kappa shape index (κ1) is 31.1. The van der Waals surface area contributed by atoms with E-state index in [1.807, 2.05) is 34.9 Å². The first-order valence-electron chi connectivity index (χ1n) is 16.6. The van der Waals surface area contributed by atoms with Crippen molar-refractivity contribution >= 4 is 28.6 Å². The van der Waals surface area contributed by atoms with Gasteiger partial charge >= 0.3 is 0 Å². The number of carbonyl (C=O) groups is 3. The third-order valence-corrected chi connectivity index (χ3v) is 10.1. The lowest BCUT2D eigenvalue weighted by molar-refractivity contribution is -0.135.